The molecule has 0 bridgehead atoms. The first-order valence-corrected chi connectivity index (χ1v) is 8.96. The number of fused-ring (bicyclic) bond motifs is 1. The van der Waals surface area contributed by atoms with Gasteiger partial charge in [0.2, 0.25) is 0 Å². The summed E-state index contributed by atoms with van der Waals surface area (Å²) in [5.74, 6) is 0.274. The standard InChI is InChI=1S/C18H25N3O3/c22-18(20-14-5-1-2-6-14)21-9-17(15-11-23-12-16(15)21)24-10-13-4-3-7-19-8-13/h3-4,7-8,14-17H,1-2,5-6,9-12H2,(H,20,22)/t15-,16+,17-/m0/s1. The minimum Gasteiger partial charge on any atom is -0.379 e. The van der Waals surface area contributed by atoms with Crippen molar-refractivity contribution in [3.63, 3.8) is 0 Å². The summed E-state index contributed by atoms with van der Waals surface area (Å²) in [5.41, 5.74) is 1.06. The third kappa shape index (κ3) is 3.26. The summed E-state index contributed by atoms with van der Waals surface area (Å²) in [4.78, 5) is 18.7. The molecule has 3 atom stereocenters. The Balaban J connectivity index is 1.37. The van der Waals surface area contributed by atoms with E-state index in [0.29, 0.717) is 32.4 Å². The maximum absolute atomic E-state index is 12.7. The lowest BCUT2D eigenvalue weighted by atomic mass is 10.0. The molecule has 4 rings (SSSR count). The van der Waals surface area contributed by atoms with Gasteiger partial charge in [0.1, 0.15) is 0 Å². The Morgan fingerprint density at radius 1 is 1.38 bits per heavy atom. The molecule has 6 heteroatoms. The highest BCUT2D eigenvalue weighted by Gasteiger charge is 2.48. The largest absolute Gasteiger partial charge is 0.379 e. The van der Waals surface area contributed by atoms with Crippen molar-refractivity contribution in [2.24, 2.45) is 5.92 Å². The summed E-state index contributed by atoms with van der Waals surface area (Å²) in [5, 5.41) is 3.19. The molecule has 2 amide bonds. The molecular weight excluding hydrogens is 306 g/mol. The minimum atomic E-state index is 0.0343. The second-order valence-corrected chi connectivity index (χ2v) is 7.06. The molecule has 24 heavy (non-hydrogen) atoms. The van der Waals surface area contributed by atoms with Gasteiger partial charge in [-0.15, -0.1) is 0 Å². The van der Waals surface area contributed by atoms with Crippen LogP contribution in [0.15, 0.2) is 24.5 Å². The number of pyridine rings is 1. The van der Waals surface area contributed by atoms with Gasteiger partial charge in [-0.3, -0.25) is 4.98 Å². The zero-order valence-corrected chi connectivity index (χ0v) is 13.9. The van der Waals surface area contributed by atoms with Crippen LogP contribution in [0.25, 0.3) is 0 Å². The van der Waals surface area contributed by atoms with E-state index in [4.69, 9.17) is 9.47 Å². The van der Waals surface area contributed by atoms with Crippen LogP contribution in [-0.4, -0.2) is 53.9 Å². The molecular formula is C18H25N3O3. The number of likely N-dealkylation sites (tertiary alicyclic amines) is 1. The molecule has 1 aromatic heterocycles. The average molecular weight is 331 g/mol. The van der Waals surface area contributed by atoms with Crippen LogP contribution in [0.2, 0.25) is 0 Å². The van der Waals surface area contributed by atoms with Crippen molar-refractivity contribution in [1.82, 2.24) is 15.2 Å². The van der Waals surface area contributed by atoms with Crippen LogP contribution in [0.1, 0.15) is 31.2 Å². The summed E-state index contributed by atoms with van der Waals surface area (Å²) in [6.45, 7) is 2.47. The zero-order chi connectivity index (χ0) is 16.4. The van der Waals surface area contributed by atoms with Crippen molar-refractivity contribution in [3.05, 3.63) is 30.1 Å². The number of nitrogens with one attached hydrogen (secondary N) is 1. The Morgan fingerprint density at radius 2 is 2.25 bits per heavy atom. The van der Waals surface area contributed by atoms with Crippen LogP contribution in [0.4, 0.5) is 4.79 Å². The molecule has 3 fully saturated rings. The van der Waals surface area contributed by atoms with E-state index in [9.17, 15) is 4.79 Å². The molecule has 1 N–H and O–H groups in total. The fourth-order valence-corrected chi connectivity index (χ4v) is 4.12. The van der Waals surface area contributed by atoms with Crippen LogP contribution < -0.4 is 5.32 Å². The molecule has 0 radical (unpaired) electrons. The van der Waals surface area contributed by atoms with Crippen LogP contribution in [-0.2, 0) is 16.1 Å². The van der Waals surface area contributed by atoms with Crippen molar-refractivity contribution < 1.29 is 14.3 Å². The van der Waals surface area contributed by atoms with E-state index in [-0.39, 0.29) is 24.1 Å². The lowest BCUT2D eigenvalue weighted by Crippen LogP contribution is -2.47. The Hall–Kier alpha value is -1.66. The van der Waals surface area contributed by atoms with E-state index in [1.54, 1.807) is 6.20 Å². The van der Waals surface area contributed by atoms with E-state index in [2.05, 4.69) is 10.3 Å². The summed E-state index contributed by atoms with van der Waals surface area (Å²) >= 11 is 0. The quantitative estimate of drug-likeness (QED) is 0.916. The van der Waals surface area contributed by atoms with Gasteiger partial charge in [0.15, 0.2) is 0 Å². The van der Waals surface area contributed by atoms with Crippen molar-refractivity contribution in [3.8, 4) is 0 Å². The monoisotopic (exact) mass is 331 g/mol. The second kappa shape index (κ2) is 7.07. The molecule has 0 unspecified atom stereocenters. The Kier molecular flexibility index (Phi) is 4.67. The predicted octanol–water partition coefficient (Wildman–Crippen LogP) is 1.95. The van der Waals surface area contributed by atoms with Crippen LogP contribution in [0.3, 0.4) is 0 Å². The molecule has 1 aliphatic carbocycles. The summed E-state index contributed by atoms with van der Waals surface area (Å²) in [6.07, 6.45) is 8.26. The highest BCUT2D eigenvalue weighted by atomic mass is 16.5. The highest BCUT2D eigenvalue weighted by Crippen LogP contribution is 2.33. The molecule has 1 saturated carbocycles. The smallest absolute Gasteiger partial charge is 0.318 e. The number of amides is 2. The SMILES string of the molecule is O=C(NC1CCCC1)N1C[C@H](OCc2cccnc2)[C@H]2COC[C@H]21. The number of urea groups is 1. The number of ether oxygens (including phenoxy) is 2. The Bertz CT molecular complexity index is 562. The Labute approximate surface area is 142 Å². The maximum atomic E-state index is 12.7. The van der Waals surface area contributed by atoms with E-state index in [1.165, 1.54) is 12.8 Å². The number of hydrogen-bond donors (Lipinski definition) is 1. The van der Waals surface area contributed by atoms with Gasteiger partial charge >= 0.3 is 6.03 Å². The lowest BCUT2D eigenvalue weighted by Gasteiger charge is -2.25. The molecule has 3 heterocycles. The number of rotatable bonds is 4. The lowest BCUT2D eigenvalue weighted by molar-refractivity contribution is 0.0110. The van der Waals surface area contributed by atoms with Gasteiger partial charge in [-0.2, -0.15) is 0 Å². The van der Waals surface area contributed by atoms with Crippen molar-refractivity contribution in [2.45, 2.75) is 50.5 Å². The van der Waals surface area contributed by atoms with E-state index in [0.717, 1.165) is 18.4 Å². The van der Waals surface area contributed by atoms with Gasteiger partial charge in [0.25, 0.3) is 0 Å². The van der Waals surface area contributed by atoms with Crippen molar-refractivity contribution >= 4 is 6.03 Å². The minimum absolute atomic E-state index is 0.0343. The van der Waals surface area contributed by atoms with Gasteiger partial charge in [0.05, 0.1) is 32.0 Å². The average Bonchev–Trinajstić information content (AvgIpc) is 3.32. The van der Waals surface area contributed by atoms with Gasteiger partial charge in [-0.05, 0) is 24.5 Å². The summed E-state index contributed by atoms with van der Waals surface area (Å²) in [6, 6.07) is 4.46. The van der Waals surface area contributed by atoms with Gasteiger partial charge in [0, 0.05) is 30.9 Å². The first kappa shape index (κ1) is 15.8. The zero-order valence-electron chi connectivity index (χ0n) is 13.9. The molecule has 2 saturated heterocycles. The maximum Gasteiger partial charge on any atom is 0.318 e. The molecule has 6 nitrogen and oxygen atoms in total. The molecule has 1 aromatic rings. The third-order valence-corrected chi connectivity index (χ3v) is 5.48. The summed E-state index contributed by atoms with van der Waals surface area (Å²) < 4.78 is 11.7. The highest BCUT2D eigenvalue weighted by molar-refractivity contribution is 5.75. The fraction of sp³-hybridized carbons (Fsp3) is 0.667. The number of hydrogen-bond acceptors (Lipinski definition) is 4. The number of nitrogens with zero attached hydrogens (tertiary/aromatic N) is 2. The van der Waals surface area contributed by atoms with Gasteiger partial charge < -0.3 is 19.7 Å². The Morgan fingerprint density at radius 3 is 3.04 bits per heavy atom. The topological polar surface area (TPSA) is 63.7 Å². The molecule has 0 spiro atoms. The first-order chi connectivity index (χ1) is 11.8. The predicted molar refractivity (Wildman–Crippen MR) is 88.4 cm³/mol. The van der Waals surface area contributed by atoms with Crippen LogP contribution in [0, 0.1) is 5.92 Å². The van der Waals surface area contributed by atoms with E-state index < -0.39 is 0 Å². The van der Waals surface area contributed by atoms with Gasteiger partial charge in [-0.1, -0.05) is 18.9 Å². The normalized spacial score (nSPS) is 29.8. The van der Waals surface area contributed by atoms with Crippen molar-refractivity contribution in [2.75, 3.05) is 19.8 Å². The van der Waals surface area contributed by atoms with Gasteiger partial charge in [-0.25, -0.2) is 4.79 Å². The first-order valence-electron chi connectivity index (χ1n) is 8.96. The van der Waals surface area contributed by atoms with Crippen LogP contribution >= 0.6 is 0 Å². The molecule has 3 aliphatic rings. The molecule has 2 aliphatic heterocycles. The number of carbonyl (C=O) groups excluding carboxylic acids is 1. The molecule has 130 valence electrons. The third-order valence-electron chi connectivity index (χ3n) is 5.48. The van der Waals surface area contributed by atoms with E-state index in [1.807, 2.05) is 23.2 Å². The summed E-state index contributed by atoms with van der Waals surface area (Å²) in [7, 11) is 0. The number of aromatic nitrogens is 1. The molecule has 0 aromatic carbocycles. The van der Waals surface area contributed by atoms with E-state index >= 15 is 0 Å². The second-order valence-electron chi connectivity index (χ2n) is 7.06. The number of carbonyl (C=O) groups is 1. The van der Waals surface area contributed by atoms with Crippen molar-refractivity contribution in [1.29, 1.82) is 0 Å². The fourth-order valence-electron chi connectivity index (χ4n) is 4.12. The van der Waals surface area contributed by atoms with Crippen LogP contribution in [0.5, 0.6) is 0 Å².